The molecular weight excluding hydrogens is 379 g/mol. The highest BCUT2D eigenvalue weighted by molar-refractivity contribution is 5.85. The summed E-state index contributed by atoms with van der Waals surface area (Å²) in [4.78, 5) is 4.99. The lowest BCUT2D eigenvalue weighted by molar-refractivity contribution is 0.00942. The Balaban J connectivity index is 0.00000182. The highest BCUT2D eigenvalue weighted by Crippen LogP contribution is 2.26. The number of hydrogen-bond donors (Lipinski definition) is 0. The first-order chi connectivity index (χ1) is 12.3. The lowest BCUT2D eigenvalue weighted by Gasteiger charge is -2.38. The Morgan fingerprint density at radius 3 is 1.74 bits per heavy atom. The standard InChI is InChI=1S/C22H30N2O.2ClH/c1-3-21(24-16-14-23(2)15-17-24)18-25-22(19-10-6-4-7-11-19)20-12-8-5-9-13-20;;/h4-13,21-22H,3,14-18H2,1-2H3;2*1H. The van der Waals surface area contributed by atoms with Crippen LogP contribution in [0.3, 0.4) is 0 Å². The quantitative estimate of drug-likeness (QED) is 0.659. The van der Waals surface area contributed by atoms with Gasteiger partial charge in [-0.15, -0.1) is 24.8 Å². The molecule has 1 aliphatic rings. The minimum absolute atomic E-state index is 0. The van der Waals surface area contributed by atoms with Crippen LogP contribution in [0.15, 0.2) is 60.7 Å². The summed E-state index contributed by atoms with van der Waals surface area (Å²) < 4.78 is 6.49. The van der Waals surface area contributed by atoms with Crippen LogP contribution in [0.4, 0.5) is 0 Å². The maximum absolute atomic E-state index is 6.49. The van der Waals surface area contributed by atoms with E-state index >= 15 is 0 Å². The normalized spacial score (nSPS) is 16.4. The summed E-state index contributed by atoms with van der Waals surface area (Å²) in [5, 5.41) is 0. The molecule has 0 bridgehead atoms. The molecule has 0 amide bonds. The van der Waals surface area contributed by atoms with Gasteiger partial charge in [0, 0.05) is 32.2 Å². The van der Waals surface area contributed by atoms with Gasteiger partial charge in [-0.05, 0) is 24.6 Å². The van der Waals surface area contributed by atoms with Gasteiger partial charge in [-0.3, -0.25) is 4.90 Å². The number of likely N-dealkylation sites (N-methyl/N-ethyl adjacent to an activating group) is 1. The Bertz CT molecular complexity index is 579. The van der Waals surface area contributed by atoms with Crippen LogP contribution in [0.1, 0.15) is 30.6 Å². The Morgan fingerprint density at radius 2 is 1.30 bits per heavy atom. The fraction of sp³-hybridized carbons (Fsp3) is 0.455. The monoisotopic (exact) mass is 410 g/mol. The summed E-state index contributed by atoms with van der Waals surface area (Å²) in [5.41, 5.74) is 2.45. The zero-order valence-electron chi connectivity index (χ0n) is 16.3. The Labute approximate surface area is 176 Å². The van der Waals surface area contributed by atoms with Crippen LogP contribution in [0, 0.1) is 0 Å². The Kier molecular flexibility index (Phi) is 11.0. The molecule has 1 saturated heterocycles. The van der Waals surface area contributed by atoms with E-state index in [4.69, 9.17) is 4.74 Å². The fourth-order valence-electron chi connectivity index (χ4n) is 3.52. The smallest absolute Gasteiger partial charge is 0.108 e. The van der Waals surface area contributed by atoms with Crippen LogP contribution < -0.4 is 0 Å². The van der Waals surface area contributed by atoms with Crippen molar-refractivity contribution in [1.82, 2.24) is 9.80 Å². The molecule has 2 aromatic carbocycles. The van der Waals surface area contributed by atoms with E-state index in [2.05, 4.69) is 84.4 Å². The number of halogens is 2. The summed E-state index contributed by atoms with van der Waals surface area (Å²) >= 11 is 0. The van der Waals surface area contributed by atoms with Crippen LogP contribution in [-0.2, 0) is 4.74 Å². The van der Waals surface area contributed by atoms with Crippen LogP contribution in [0.5, 0.6) is 0 Å². The molecule has 150 valence electrons. The highest BCUT2D eigenvalue weighted by Gasteiger charge is 2.23. The van der Waals surface area contributed by atoms with E-state index in [9.17, 15) is 0 Å². The first-order valence-corrected chi connectivity index (χ1v) is 9.42. The van der Waals surface area contributed by atoms with Gasteiger partial charge in [0.2, 0.25) is 0 Å². The minimum atomic E-state index is 0. The van der Waals surface area contributed by atoms with E-state index in [1.54, 1.807) is 0 Å². The fourth-order valence-corrected chi connectivity index (χ4v) is 3.52. The van der Waals surface area contributed by atoms with Crippen molar-refractivity contribution in [1.29, 1.82) is 0 Å². The first kappa shape index (κ1) is 23.9. The van der Waals surface area contributed by atoms with E-state index in [0.29, 0.717) is 6.04 Å². The van der Waals surface area contributed by atoms with Gasteiger partial charge in [0.25, 0.3) is 0 Å². The van der Waals surface area contributed by atoms with Gasteiger partial charge >= 0.3 is 0 Å². The number of ether oxygens (including phenoxy) is 1. The zero-order valence-corrected chi connectivity index (χ0v) is 17.9. The predicted molar refractivity (Wildman–Crippen MR) is 118 cm³/mol. The van der Waals surface area contributed by atoms with Crippen molar-refractivity contribution in [3.63, 3.8) is 0 Å². The van der Waals surface area contributed by atoms with Crippen LogP contribution in [0.2, 0.25) is 0 Å². The van der Waals surface area contributed by atoms with Gasteiger partial charge in [0.15, 0.2) is 0 Å². The summed E-state index contributed by atoms with van der Waals surface area (Å²) in [6, 6.07) is 21.6. The number of benzene rings is 2. The average Bonchev–Trinajstić information content (AvgIpc) is 2.68. The molecule has 27 heavy (non-hydrogen) atoms. The van der Waals surface area contributed by atoms with Gasteiger partial charge < -0.3 is 9.64 Å². The molecular formula is C22H32Cl2N2O. The largest absolute Gasteiger partial charge is 0.367 e. The molecule has 3 nitrogen and oxygen atoms in total. The highest BCUT2D eigenvalue weighted by atomic mass is 35.5. The Morgan fingerprint density at radius 1 is 0.815 bits per heavy atom. The molecule has 1 unspecified atom stereocenters. The Hall–Kier alpha value is -1.10. The topological polar surface area (TPSA) is 15.7 Å². The van der Waals surface area contributed by atoms with Crippen LogP contribution >= 0.6 is 24.8 Å². The van der Waals surface area contributed by atoms with E-state index in [1.807, 2.05) is 0 Å². The molecule has 0 aliphatic carbocycles. The average molecular weight is 411 g/mol. The van der Waals surface area contributed by atoms with Crippen molar-refractivity contribution in [2.24, 2.45) is 0 Å². The van der Waals surface area contributed by atoms with Crippen molar-refractivity contribution < 1.29 is 4.74 Å². The van der Waals surface area contributed by atoms with E-state index < -0.39 is 0 Å². The first-order valence-electron chi connectivity index (χ1n) is 9.42. The second-order valence-corrected chi connectivity index (χ2v) is 6.94. The molecule has 2 aromatic rings. The third kappa shape index (κ3) is 6.78. The molecule has 1 fully saturated rings. The third-order valence-corrected chi connectivity index (χ3v) is 5.19. The zero-order chi connectivity index (χ0) is 17.5. The molecule has 5 heteroatoms. The summed E-state index contributed by atoms with van der Waals surface area (Å²) in [5.74, 6) is 0. The second kappa shape index (κ2) is 12.4. The van der Waals surface area contributed by atoms with Crippen LogP contribution in [-0.4, -0.2) is 55.7 Å². The lowest BCUT2D eigenvalue weighted by atomic mass is 10.0. The van der Waals surface area contributed by atoms with Gasteiger partial charge in [-0.25, -0.2) is 0 Å². The van der Waals surface area contributed by atoms with Crippen molar-refractivity contribution >= 4 is 24.8 Å². The van der Waals surface area contributed by atoms with E-state index in [-0.39, 0.29) is 30.9 Å². The summed E-state index contributed by atoms with van der Waals surface area (Å²) in [6.45, 7) is 7.62. The van der Waals surface area contributed by atoms with Gasteiger partial charge in [-0.2, -0.15) is 0 Å². The van der Waals surface area contributed by atoms with Gasteiger partial charge in [0.05, 0.1) is 6.61 Å². The van der Waals surface area contributed by atoms with Gasteiger partial charge in [-0.1, -0.05) is 67.6 Å². The number of nitrogens with zero attached hydrogens (tertiary/aromatic N) is 2. The number of piperazine rings is 1. The SMILES string of the molecule is CCC(COC(c1ccccc1)c1ccccc1)N1CCN(C)CC1.Cl.Cl. The molecule has 0 aromatic heterocycles. The van der Waals surface area contributed by atoms with Crippen molar-refractivity contribution in [3.05, 3.63) is 71.8 Å². The molecule has 0 saturated carbocycles. The maximum Gasteiger partial charge on any atom is 0.108 e. The third-order valence-electron chi connectivity index (χ3n) is 5.19. The molecule has 3 rings (SSSR count). The molecule has 1 atom stereocenters. The van der Waals surface area contributed by atoms with E-state index in [0.717, 1.165) is 39.2 Å². The van der Waals surface area contributed by atoms with Gasteiger partial charge in [0.1, 0.15) is 6.10 Å². The molecule has 0 N–H and O–H groups in total. The molecule has 1 aliphatic heterocycles. The predicted octanol–water partition coefficient (Wildman–Crippen LogP) is 4.66. The van der Waals surface area contributed by atoms with Crippen molar-refractivity contribution in [2.45, 2.75) is 25.5 Å². The lowest BCUT2D eigenvalue weighted by Crippen LogP contribution is -2.50. The van der Waals surface area contributed by atoms with Crippen LogP contribution in [0.25, 0.3) is 0 Å². The summed E-state index contributed by atoms with van der Waals surface area (Å²) in [7, 11) is 2.20. The van der Waals surface area contributed by atoms with E-state index in [1.165, 1.54) is 11.1 Å². The van der Waals surface area contributed by atoms with Crippen molar-refractivity contribution in [3.8, 4) is 0 Å². The molecule has 1 heterocycles. The number of rotatable bonds is 7. The van der Waals surface area contributed by atoms with Crippen molar-refractivity contribution in [2.75, 3.05) is 39.8 Å². The minimum Gasteiger partial charge on any atom is -0.367 e. The number of hydrogen-bond acceptors (Lipinski definition) is 3. The summed E-state index contributed by atoms with van der Waals surface area (Å²) in [6.07, 6.45) is 1.13. The second-order valence-electron chi connectivity index (χ2n) is 6.94. The molecule has 0 spiro atoms. The molecule has 0 radical (unpaired) electrons. The maximum atomic E-state index is 6.49.